The molecule has 2 aromatic rings. The summed E-state index contributed by atoms with van der Waals surface area (Å²) in [5.41, 5.74) is 7.89. The van der Waals surface area contributed by atoms with E-state index < -0.39 is 12.7 Å². The maximum Gasteiger partial charge on any atom is 0.401 e. The minimum atomic E-state index is -4.20. The summed E-state index contributed by atoms with van der Waals surface area (Å²) in [4.78, 5) is 5.65. The number of rotatable bonds is 5. The van der Waals surface area contributed by atoms with Gasteiger partial charge in [-0.3, -0.25) is 9.88 Å². The maximum absolute atomic E-state index is 12.6. The Bertz CT molecular complexity index is 611. The molecule has 114 valence electrons. The monoisotopic (exact) mass is 297 g/mol. The summed E-state index contributed by atoms with van der Waals surface area (Å²) in [5.74, 6) is 0. The van der Waals surface area contributed by atoms with Gasteiger partial charge in [0, 0.05) is 23.8 Å². The van der Waals surface area contributed by atoms with Crippen LogP contribution < -0.4 is 5.73 Å². The van der Waals surface area contributed by atoms with E-state index in [0.717, 1.165) is 10.9 Å². The summed E-state index contributed by atoms with van der Waals surface area (Å²) in [6.45, 7) is 1.54. The second-order valence-electron chi connectivity index (χ2n) is 5.04. The van der Waals surface area contributed by atoms with E-state index in [2.05, 4.69) is 4.98 Å². The molecule has 0 bridgehead atoms. The van der Waals surface area contributed by atoms with Crippen molar-refractivity contribution >= 4 is 16.6 Å². The molecule has 0 spiro atoms. The van der Waals surface area contributed by atoms with Gasteiger partial charge in [0.2, 0.25) is 0 Å². The number of halogens is 3. The van der Waals surface area contributed by atoms with Crippen LogP contribution in [0.2, 0.25) is 0 Å². The van der Waals surface area contributed by atoms with Crippen molar-refractivity contribution in [3.8, 4) is 0 Å². The van der Waals surface area contributed by atoms with E-state index in [4.69, 9.17) is 5.73 Å². The summed E-state index contributed by atoms with van der Waals surface area (Å²) in [6, 6.07) is 7.07. The van der Waals surface area contributed by atoms with Gasteiger partial charge >= 0.3 is 6.18 Å². The van der Waals surface area contributed by atoms with Gasteiger partial charge in [-0.15, -0.1) is 0 Å². The highest BCUT2D eigenvalue weighted by molar-refractivity contribution is 5.92. The SMILES string of the molecule is CCCN(Cc1ccc(N)c2cccnc12)CC(F)(F)F. The van der Waals surface area contributed by atoms with Crippen molar-refractivity contribution < 1.29 is 13.2 Å². The van der Waals surface area contributed by atoms with Crippen molar-refractivity contribution in [3.05, 3.63) is 36.0 Å². The average molecular weight is 297 g/mol. The first-order chi connectivity index (χ1) is 9.90. The van der Waals surface area contributed by atoms with Crippen molar-refractivity contribution in [2.45, 2.75) is 26.1 Å². The van der Waals surface area contributed by atoms with Gasteiger partial charge in [0.1, 0.15) is 0 Å². The Morgan fingerprint density at radius 1 is 1.24 bits per heavy atom. The number of hydrogen-bond donors (Lipinski definition) is 1. The van der Waals surface area contributed by atoms with E-state index in [9.17, 15) is 13.2 Å². The molecule has 2 N–H and O–H groups in total. The van der Waals surface area contributed by atoms with E-state index in [1.807, 2.05) is 13.0 Å². The molecule has 6 heteroatoms. The number of aromatic nitrogens is 1. The fourth-order valence-electron chi connectivity index (χ4n) is 2.41. The van der Waals surface area contributed by atoms with E-state index in [1.54, 1.807) is 24.4 Å². The van der Waals surface area contributed by atoms with Crippen LogP contribution in [-0.2, 0) is 6.54 Å². The lowest BCUT2D eigenvalue weighted by Gasteiger charge is -2.23. The van der Waals surface area contributed by atoms with Gasteiger partial charge in [0.15, 0.2) is 0 Å². The van der Waals surface area contributed by atoms with Gasteiger partial charge in [-0.25, -0.2) is 0 Å². The molecule has 0 fully saturated rings. The lowest BCUT2D eigenvalue weighted by Crippen LogP contribution is -2.34. The molecule has 0 atom stereocenters. The summed E-state index contributed by atoms with van der Waals surface area (Å²) < 4.78 is 37.9. The molecule has 0 aliphatic heterocycles. The Morgan fingerprint density at radius 2 is 2.00 bits per heavy atom. The third-order valence-corrected chi connectivity index (χ3v) is 3.22. The Kier molecular flexibility index (Phi) is 4.67. The smallest absolute Gasteiger partial charge is 0.398 e. The Labute approximate surface area is 121 Å². The minimum Gasteiger partial charge on any atom is -0.398 e. The topological polar surface area (TPSA) is 42.1 Å². The van der Waals surface area contributed by atoms with E-state index in [1.165, 1.54) is 4.90 Å². The van der Waals surface area contributed by atoms with Crippen LogP contribution in [0.4, 0.5) is 18.9 Å². The molecule has 2 rings (SSSR count). The zero-order valence-electron chi connectivity index (χ0n) is 11.8. The average Bonchev–Trinajstić information content (AvgIpc) is 2.41. The number of benzene rings is 1. The van der Waals surface area contributed by atoms with Gasteiger partial charge in [-0.05, 0) is 36.7 Å². The molecule has 0 aliphatic rings. The molecule has 0 saturated heterocycles. The van der Waals surface area contributed by atoms with Gasteiger partial charge in [0.25, 0.3) is 0 Å². The standard InChI is InChI=1S/C15H18F3N3/c1-2-8-21(10-15(16,17)18)9-11-5-6-13(19)12-4-3-7-20-14(11)12/h3-7H,2,8-10,19H2,1H3. The second-order valence-corrected chi connectivity index (χ2v) is 5.04. The van der Waals surface area contributed by atoms with Crippen LogP contribution in [0.25, 0.3) is 10.9 Å². The third-order valence-electron chi connectivity index (χ3n) is 3.22. The molecular weight excluding hydrogens is 279 g/mol. The predicted molar refractivity (Wildman–Crippen MR) is 77.8 cm³/mol. The van der Waals surface area contributed by atoms with Crippen LogP contribution in [0, 0.1) is 0 Å². The van der Waals surface area contributed by atoms with Crippen LogP contribution in [-0.4, -0.2) is 29.1 Å². The predicted octanol–water partition coefficient (Wildman–Crippen LogP) is 3.59. The highest BCUT2D eigenvalue weighted by atomic mass is 19.4. The largest absolute Gasteiger partial charge is 0.401 e. The molecule has 0 amide bonds. The zero-order valence-corrected chi connectivity index (χ0v) is 11.8. The van der Waals surface area contributed by atoms with Crippen molar-refractivity contribution in [1.82, 2.24) is 9.88 Å². The molecule has 0 saturated carbocycles. The Morgan fingerprint density at radius 3 is 2.67 bits per heavy atom. The quantitative estimate of drug-likeness (QED) is 0.858. The second kappa shape index (κ2) is 6.30. The van der Waals surface area contributed by atoms with Gasteiger partial charge in [-0.2, -0.15) is 13.2 Å². The zero-order chi connectivity index (χ0) is 15.5. The molecule has 21 heavy (non-hydrogen) atoms. The van der Waals surface area contributed by atoms with Crippen molar-refractivity contribution in [1.29, 1.82) is 0 Å². The first-order valence-corrected chi connectivity index (χ1v) is 6.82. The number of nitrogens with two attached hydrogens (primary N) is 1. The van der Waals surface area contributed by atoms with Crippen molar-refractivity contribution in [2.24, 2.45) is 0 Å². The molecular formula is C15H18F3N3. The van der Waals surface area contributed by atoms with Crippen LogP contribution in [0.3, 0.4) is 0 Å². The summed E-state index contributed by atoms with van der Waals surface area (Å²) in [6.07, 6.45) is -1.91. The Hall–Kier alpha value is -1.82. The lowest BCUT2D eigenvalue weighted by atomic mass is 10.1. The van der Waals surface area contributed by atoms with Crippen LogP contribution in [0.5, 0.6) is 0 Å². The van der Waals surface area contributed by atoms with Crippen molar-refractivity contribution in [2.75, 3.05) is 18.8 Å². The van der Waals surface area contributed by atoms with E-state index in [0.29, 0.717) is 24.2 Å². The Balaban J connectivity index is 2.30. The van der Waals surface area contributed by atoms with Crippen LogP contribution >= 0.6 is 0 Å². The molecule has 1 heterocycles. The fourth-order valence-corrected chi connectivity index (χ4v) is 2.41. The molecule has 0 radical (unpaired) electrons. The number of nitrogens with zero attached hydrogens (tertiary/aromatic N) is 2. The normalized spacial score (nSPS) is 12.2. The number of pyridine rings is 1. The molecule has 0 aliphatic carbocycles. The summed E-state index contributed by atoms with van der Waals surface area (Å²) in [7, 11) is 0. The van der Waals surface area contributed by atoms with Gasteiger partial charge in [-0.1, -0.05) is 13.0 Å². The van der Waals surface area contributed by atoms with E-state index >= 15 is 0 Å². The van der Waals surface area contributed by atoms with E-state index in [-0.39, 0.29) is 6.54 Å². The fraction of sp³-hybridized carbons (Fsp3) is 0.400. The lowest BCUT2D eigenvalue weighted by molar-refractivity contribution is -0.147. The number of nitrogen functional groups attached to an aromatic ring is 1. The maximum atomic E-state index is 12.6. The number of hydrogen-bond acceptors (Lipinski definition) is 3. The third kappa shape index (κ3) is 4.07. The van der Waals surface area contributed by atoms with Crippen molar-refractivity contribution in [3.63, 3.8) is 0 Å². The highest BCUT2D eigenvalue weighted by Gasteiger charge is 2.30. The molecule has 0 unspecified atom stereocenters. The molecule has 1 aromatic heterocycles. The first kappa shape index (κ1) is 15.6. The summed E-state index contributed by atoms with van der Waals surface area (Å²) >= 11 is 0. The van der Waals surface area contributed by atoms with Crippen LogP contribution in [0.1, 0.15) is 18.9 Å². The number of fused-ring (bicyclic) bond motifs is 1. The minimum absolute atomic E-state index is 0.209. The number of alkyl halides is 3. The molecule has 3 nitrogen and oxygen atoms in total. The summed E-state index contributed by atoms with van der Waals surface area (Å²) in [5, 5.41) is 0.776. The van der Waals surface area contributed by atoms with Crippen LogP contribution in [0.15, 0.2) is 30.5 Å². The molecule has 1 aromatic carbocycles. The highest BCUT2D eigenvalue weighted by Crippen LogP contribution is 2.25. The number of anilines is 1. The van der Waals surface area contributed by atoms with Gasteiger partial charge < -0.3 is 5.73 Å². The van der Waals surface area contributed by atoms with Gasteiger partial charge in [0.05, 0.1) is 12.1 Å². The first-order valence-electron chi connectivity index (χ1n) is 6.82.